The largest absolute Gasteiger partial charge is 0.392 e. The number of hydrogen-bond acceptors (Lipinski definition) is 3. The first-order valence-electron chi connectivity index (χ1n) is 4.78. The number of rotatable bonds is 1. The fourth-order valence-electron chi connectivity index (χ4n) is 2.65. The maximum Gasteiger partial charge on any atom is 0.320 e. The van der Waals surface area contributed by atoms with Crippen LogP contribution in [0.5, 0.6) is 0 Å². The van der Waals surface area contributed by atoms with Crippen molar-refractivity contribution in [3.8, 4) is 0 Å². The number of carbonyl (C=O) groups is 2. The van der Waals surface area contributed by atoms with Crippen LogP contribution in [0, 0.1) is 16.7 Å². The highest BCUT2D eigenvalue weighted by Crippen LogP contribution is 2.60. The Kier molecular flexibility index (Phi) is 2.04. The molecule has 2 aliphatic rings. The monoisotopic (exact) mass is 260 g/mol. The van der Waals surface area contributed by atoms with Crippen LogP contribution in [-0.2, 0) is 14.3 Å². The van der Waals surface area contributed by atoms with E-state index in [1.165, 1.54) is 0 Å². The van der Waals surface area contributed by atoms with Gasteiger partial charge in [-0.2, -0.15) is 0 Å². The number of cyclic esters (lactones) is 2. The Morgan fingerprint density at radius 2 is 2.14 bits per heavy atom. The number of fused-ring (bicyclic) bond motifs is 2. The summed E-state index contributed by atoms with van der Waals surface area (Å²) in [5.74, 6) is -0.810. The molecule has 1 aliphatic carbocycles. The molecule has 4 heteroatoms. The van der Waals surface area contributed by atoms with Crippen LogP contribution in [0.25, 0.3) is 0 Å². The van der Waals surface area contributed by atoms with Gasteiger partial charge in [0.25, 0.3) is 0 Å². The third-order valence-electron chi connectivity index (χ3n) is 4.17. The van der Waals surface area contributed by atoms with E-state index in [0.717, 1.165) is 12.8 Å². The standard InChI is InChI=1S/C10H13BrO3/c1-9-4-3-6(10(9,2)5-11)7(12)14-8(9)13/h6H,3-5H2,1-2H3/t6-,9-,10-/m0/s1. The van der Waals surface area contributed by atoms with Crippen molar-refractivity contribution in [2.24, 2.45) is 16.7 Å². The highest BCUT2D eigenvalue weighted by atomic mass is 79.9. The van der Waals surface area contributed by atoms with E-state index in [9.17, 15) is 9.59 Å². The first kappa shape index (κ1) is 10.1. The van der Waals surface area contributed by atoms with Crippen molar-refractivity contribution in [1.29, 1.82) is 0 Å². The molecule has 0 spiro atoms. The Bertz CT molecular complexity index is 314. The van der Waals surface area contributed by atoms with Crippen LogP contribution in [-0.4, -0.2) is 17.3 Å². The molecule has 14 heavy (non-hydrogen) atoms. The number of alkyl halides is 1. The minimum absolute atomic E-state index is 0.121. The fourth-order valence-corrected chi connectivity index (χ4v) is 3.66. The van der Waals surface area contributed by atoms with Crippen LogP contribution < -0.4 is 0 Å². The highest BCUT2D eigenvalue weighted by Gasteiger charge is 2.65. The van der Waals surface area contributed by atoms with E-state index in [-0.39, 0.29) is 23.3 Å². The summed E-state index contributed by atoms with van der Waals surface area (Å²) in [5.41, 5.74) is -0.769. The van der Waals surface area contributed by atoms with Gasteiger partial charge < -0.3 is 4.74 Å². The molecule has 1 saturated heterocycles. The summed E-state index contributed by atoms with van der Waals surface area (Å²) in [4.78, 5) is 23.2. The van der Waals surface area contributed by atoms with Crippen molar-refractivity contribution in [2.45, 2.75) is 26.7 Å². The van der Waals surface area contributed by atoms with Gasteiger partial charge in [-0.1, -0.05) is 22.9 Å². The van der Waals surface area contributed by atoms with Crippen LogP contribution in [0.3, 0.4) is 0 Å². The van der Waals surface area contributed by atoms with Gasteiger partial charge in [-0.15, -0.1) is 0 Å². The Balaban J connectivity index is 2.51. The molecule has 2 fully saturated rings. The molecule has 0 radical (unpaired) electrons. The molecule has 3 atom stereocenters. The molecule has 1 saturated carbocycles. The van der Waals surface area contributed by atoms with Gasteiger partial charge in [0.1, 0.15) is 0 Å². The number of halogens is 1. The fraction of sp³-hybridized carbons (Fsp3) is 0.800. The Hall–Kier alpha value is -0.380. The number of ether oxygens (including phenoxy) is 1. The summed E-state index contributed by atoms with van der Waals surface area (Å²) >= 11 is 3.42. The average molecular weight is 261 g/mol. The second-order valence-electron chi connectivity index (χ2n) is 4.68. The van der Waals surface area contributed by atoms with Gasteiger partial charge >= 0.3 is 11.9 Å². The van der Waals surface area contributed by atoms with Crippen molar-refractivity contribution in [3.63, 3.8) is 0 Å². The first-order chi connectivity index (χ1) is 6.45. The van der Waals surface area contributed by atoms with E-state index in [4.69, 9.17) is 4.74 Å². The normalized spacial score (nSPS) is 46.6. The molecule has 2 bridgehead atoms. The van der Waals surface area contributed by atoms with Crippen molar-refractivity contribution in [1.82, 2.24) is 0 Å². The van der Waals surface area contributed by atoms with Gasteiger partial charge in [-0.05, 0) is 19.8 Å². The van der Waals surface area contributed by atoms with Gasteiger partial charge in [0.15, 0.2) is 0 Å². The van der Waals surface area contributed by atoms with Gasteiger partial charge in [0.2, 0.25) is 0 Å². The molecule has 2 rings (SSSR count). The molecule has 0 aromatic carbocycles. The molecular formula is C10H13BrO3. The van der Waals surface area contributed by atoms with Crippen LogP contribution >= 0.6 is 15.9 Å². The number of carbonyl (C=O) groups excluding carboxylic acids is 2. The van der Waals surface area contributed by atoms with E-state index in [1.807, 2.05) is 13.8 Å². The van der Waals surface area contributed by atoms with Crippen molar-refractivity contribution >= 4 is 27.9 Å². The van der Waals surface area contributed by atoms with E-state index in [1.54, 1.807) is 0 Å². The predicted molar refractivity (Wildman–Crippen MR) is 53.8 cm³/mol. The average Bonchev–Trinajstić information content (AvgIpc) is 2.34. The van der Waals surface area contributed by atoms with Crippen molar-refractivity contribution in [2.75, 3.05) is 5.33 Å². The van der Waals surface area contributed by atoms with E-state index >= 15 is 0 Å². The molecule has 1 heterocycles. The van der Waals surface area contributed by atoms with E-state index < -0.39 is 5.41 Å². The Morgan fingerprint density at radius 3 is 2.71 bits per heavy atom. The molecule has 0 unspecified atom stereocenters. The minimum atomic E-state index is -0.491. The highest BCUT2D eigenvalue weighted by molar-refractivity contribution is 9.09. The molecule has 78 valence electrons. The molecule has 0 aromatic heterocycles. The zero-order valence-corrected chi connectivity index (χ0v) is 9.89. The first-order valence-corrected chi connectivity index (χ1v) is 5.90. The van der Waals surface area contributed by atoms with Gasteiger partial charge in [0, 0.05) is 10.7 Å². The zero-order valence-electron chi connectivity index (χ0n) is 8.30. The van der Waals surface area contributed by atoms with Crippen molar-refractivity contribution in [3.05, 3.63) is 0 Å². The Labute approximate surface area is 91.3 Å². The second kappa shape index (κ2) is 2.81. The van der Waals surface area contributed by atoms with Crippen LogP contribution in [0.15, 0.2) is 0 Å². The van der Waals surface area contributed by atoms with Gasteiger partial charge in [-0.3, -0.25) is 9.59 Å². The summed E-state index contributed by atoms with van der Waals surface area (Å²) < 4.78 is 4.77. The topological polar surface area (TPSA) is 43.4 Å². The van der Waals surface area contributed by atoms with Crippen LogP contribution in [0.2, 0.25) is 0 Å². The summed E-state index contributed by atoms with van der Waals surface area (Å²) in [7, 11) is 0. The lowest BCUT2D eigenvalue weighted by Gasteiger charge is -2.43. The third kappa shape index (κ3) is 0.926. The predicted octanol–water partition coefficient (Wildman–Crippen LogP) is 1.89. The maximum absolute atomic E-state index is 11.7. The summed E-state index contributed by atoms with van der Waals surface area (Å²) in [5, 5.41) is 0.669. The van der Waals surface area contributed by atoms with E-state index in [0.29, 0.717) is 5.33 Å². The lowest BCUT2D eigenvalue weighted by atomic mass is 9.64. The summed E-state index contributed by atoms with van der Waals surface area (Å²) in [6.07, 6.45) is 1.52. The van der Waals surface area contributed by atoms with E-state index in [2.05, 4.69) is 15.9 Å². The van der Waals surface area contributed by atoms with Crippen LogP contribution in [0.1, 0.15) is 26.7 Å². The summed E-state index contributed by atoms with van der Waals surface area (Å²) in [6, 6.07) is 0. The quantitative estimate of drug-likeness (QED) is 0.411. The molecule has 0 amide bonds. The molecule has 3 nitrogen and oxygen atoms in total. The molecule has 0 aromatic rings. The minimum Gasteiger partial charge on any atom is -0.392 e. The lowest BCUT2D eigenvalue weighted by Crippen LogP contribution is -2.52. The Morgan fingerprint density at radius 1 is 1.50 bits per heavy atom. The molecule has 1 aliphatic heterocycles. The molecule has 0 N–H and O–H groups in total. The maximum atomic E-state index is 11.7. The third-order valence-corrected chi connectivity index (χ3v) is 5.33. The van der Waals surface area contributed by atoms with Crippen molar-refractivity contribution < 1.29 is 14.3 Å². The second-order valence-corrected chi connectivity index (χ2v) is 5.24. The zero-order chi connectivity index (χ0) is 10.6. The van der Waals surface area contributed by atoms with Gasteiger partial charge in [-0.25, -0.2) is 0 Å². The molecular weight excluding hydrogens is 248 g/mol. The number of esters is 2. The lowest BCUT2D eigenvalue weighted by molar-refractivity contribution is -0.184. The van der Waals surface area contributed by atoms with Crippen LogP contribution in [0.4, 0.5) is 0 Å². The SMILES string of the molecule is C[C@]12CC[C@@H](C(=O)OC1=O)[C@]2(C)CBr. The summed E-state index contributed by atoms with van der Waals surface area (Å²) in [6.45, 7) is 3.90. The van der Waals surface area contributed by atoms with Gasteiger partial charge in [0.05, 0.1) is 11.3 Å². The smallest absolute Gasteiger partial charge is 0.320 e. The number of hydrogen-bond donors (Lipinski definition) is 0.